The number of imide groups is 1. The van der Waals surface area contributed by atoms with E-state index in [9.17, 15) is 19.7 Å². The summed E-state index contributed by atoms with van der Waals surface area (Å²) in [4.78, 5) is 42.2. The van der Waals surface area contributed by atoms with Gasteiger partial charge in [-0.05, 0) is 47.5 Å². The fourth-order valence-electron chi connectivity index (χ4n) is 3.41. The fourth-order valence-corrected chi connectivity index (χ4v) is 3.41. The van der Waals surface area contributed by atoms with E-state index in [0.29, 0.717) is 17.0 Å². The number of hydrogen-bond donors (Lipinski definition) is 1. The lowest BCUT2D eigenvalue weighted by molar-refractivity contribution is -0.384. The van der Waals surface area contributed by atoms with Crippen LogP contribution in [0, 0.1) is 10.1 Å². The van der Waals surface area contributed by atoms with Crippen LogP contribution in [0.2, 0.25) is 0 Å². The number of rotatable bonds is 7. The number of nitro benzene ring substituents is 1. The molecule has 0 spiro atoms. The topological polar surface area (TPSA) is 115 Å². The molecule has 1 aliphatic heterocycles. The first-order valence-electron chi connectivity index (χ1n) is 9.64. The van der Waals surface area contributed by atoms with Gasteiger partial charge in [0.15, 0.2) is 0 Å². The van der Waals surface area contributed by atoms with Crippen molar-refractivity contribution < 1.29 is 19.2 Å². The highest BCUT2D eigenvalue weighted by molar-refractivity contribution is 6.36. The van der Waals surface area contributed by atoms with Gasteiger partial charge in [-0.1, -0.05) is 12.1 Å². The molecule has 160 valence electrons. The monoisotopic (exact) mass is 430 g/mol. The van der Waals surface area contributed by atoms with Crippen LogP contribution in [-0.4, -0.2) is 33.7 Å². The summed E-state index contributed by atoms with van der Waals surface area (Å²) in [6.45, 7) is 0.0633. The molecule has 9 nitrogen and oxygen atoms in total. The van der Waals surface area contributed by atoms with Crippen molar-refractivity contribution in [3.05, 3.63) is 100.0 Å². The first-order valence-corrected chi connectivity index (χ1v) is 9.64. The third-order valence-corrected chi connectivity index (χ3v) is 4.99. The van der Waals surface area contributed by atoms with E-state index in [0.717, 1.165) is 10.5 Å². The number of methoxy groups -OCH3 is 1. The van der Waals surface area contributed by atoms with Gasteiger partial charge in [0.2, 0.25) is 0 Å². The average molecular weight is 430 g/mol. The normalized spacial score (nSPS) is 13.5. The van der Waals surface area contributed by atoms with Crippen LogP contribution in [0.15, 0.2) is 78.8 Å². The summed E-state index contributed by atoms with van der Waals surface area (Å²) in [5.74, 6) is -0.514. The Labute approximate surface area is 183 Å². The van der Waals surface area contributed by atoms with Crippen LogP contribution in [0.4, 0.5) is 11.4 Å². The maximum absolute atomic E-state index is 13.3. The molecule has 0 saturated heterocycles. The fraction of sp³-hybridized carbons (Fsp3) is 0.0870. The van der Waals surface area contributed by atoms with Crippen LogP contribution in [0.5, 0.6) is 5.75 Å². The third kappa shape index (κ3) is 3.91. The molecular formula is C23H18N4O5. The molecule has 0 radical (unpaired) electrons. The average Bonchev–Trinajstić information content (AvgIpc) is 3.04. The van der Waals surface area contributed by atoms with E-state index in [1.54, 1.807) is 48.8 Å². The first-order chi connectivity index (χ1) is 15.5. The second-order valence-electron chi connectivity index (χ2n) is 6.93. The molecule has 1 aliphatic rings. The molecule has 3 aromatic rings. The van der Waals surface area contributed by atoms with Gasteiger partial charge < -0.3 is 10.1 Å². The second-order valence-corrected chi connectivity index (χ2v) is 6.93. The highest BCUT2D eigenvalue weighted by Crippen LogP contribution is 2.34. The molecule has 0 fully saturated rings. The van der Waals surface area contributed by atoms with Crippen LogP contribution in [0.1, 0.15) is 11.1 Å². The molecule has 9 heteroatoms. The highest BCUT2D eigenvalue weighted by atomic mass is 16.6. The number of aromatic nitrogens is 1. The number of carbonyl (C=O) groups is 2. The molecule has 2 amide bonds. The molecule has 2 aromatic carbocycles. The molecule has 1 aromatic heterocycles. The number of hydrogen-bond acceptors (Lipinski definition) is 7. The SMILES string of the molecule is COc1ccccc1NC1=C(c2ccc([N+](=O)[O-])cc2)C(=O)N(Cc2ccncc2)C1=O. The van der Waals surface area contributed by atoms with E-state index in [4.69, 9.17) is 4.74 Å². The van der Waals surface area contributed by atoms with Gasteiger partial charge in [0.1, 0.15) is 11.4 Å². The minimum atomic E-state index is -0.524. The summed E-state index contributed by atoms with van der Waals surface area (Å²) >= 11 is 0. The summed E-state index contributed by atoms with van der Waals surface area (Å²) < 4.78 is 5.35. The zero-order valence-corrected chi connectivity index (χ0v) is 17.0. The van der Waals surface area contributed by atoms with E-state index in [1.165, 1.54) is 31.4 Å². The summed E-state index contributed by atoms with van der Waals surface area (Å²) in [6, 6.07) is 16.0. The number of benzene rings is 2. The van der Waals surface area contributed by atoms with Crippen molar-refractivity contribution in [2.75, 3.05) is 12.4 Å². The van der Waals surface area contributed by atoms with Crippen molar-refractivity contribution in [3.8, 4) is 5.75 Å². The summed E-state index contributed by atoms with van der Waals surface area (Å²) in [5.41, 5.74) is 1.73. The Morgan fingerprint density at radius 3 is 2.34 bits per heavy atom. The zero-order chi connectivity index (χ0) is 22.7. The number of nitrogens with zero attached hydrogens (tertiary/aromatic N) is 3. The third-order valence-electron chi connectivity index (χ3n) is 4.99. The number of nitrogens with one attached hydrogen (secondary N) is 1. The minimum Gasteiger partial charge on any atom is -0.495 e. The summed E-state index contributed by atoms with van der Waals surface area (Å²) in [7, 11) is 1.50. The van der Waals surface area contributed by atoms with Crippen molar-refractivity contribution in [1.82, 2.24) is 9.88 Å². The van der Waals surface area contributed by atoms with Crippen LogP contribution < -0.4 is 10.1 Å². The molecule has 0 bridgehead atoms. The minimum absolute atomic E-state index is 0.0633. The van der Waals surface area contributed by atoms with Crippen molar-refractivity contribution in [1.29, 1.82) is 0 Å². The Bertz CT molecular complexity index is 1220. The van der Waals surface area contributed by atoms with Gasteiger partial charge in [-0.25, -0.2) is 0 Å². The molecule has 32 heavy (non-hydrogen) atoms. The Kier molecular flexibility index (Phi) is 5.63. The van der Waals surface area contributed by atoms with Crippen LogP contribution >= 0.6 is 0 Å². The van der Waals surface area contributed by atoms with Crippen LogP contribution in [-0.2, 0) is 16.1 Å². The van der Waals surface area contributed by atoms with Gasteiger partial charge in [-0.3, -0.25) is 29.6 Å². The summed E-state index contributed by atoms with van der Waals surface area (Å²) in [5, 5.41) is 14.1. The lowest BCUT2D eigenvalue weighted by Crippen LogP contribution is -2.32. The largest absolute Gasteiger partial charge is 0.495 e. The number of amides is 2. The van der Waals surface area contributed by atoms with E-state index >= 15 is 0 Å². The standard InChI is InChI=1S/C23H18N4O5/c1-32-19-5-3-2-4-18(19)25-21-20(16-6-8-17(9-7-16)27(30)31)22(28)26(23(21)29)14-15-10-12-24-13-11-15/h2-13,25H,14H2,1H3. The smallest absolute Gasteiger partial charge is 0.278 e. The van der Waals surface area contributed by atoms with E-state index in [-0.39, 0.29) is 23.5 Å². The Balaban J connectivity index is 1.77. The highest BCUT2D eigenvalue weighted by Gasteiger charge is 2.39. The van der Waals surface area contributed by atoms with Gasteiger partial charge in [-0.15, -0.1) is 0 Å². The predicted octanol–water partition coefficient (Wildman–Crippen LogP) is 3.39. The molecule has 0 atom stereocenters. The second kappa shape index (κ2) is 8.68. The molecule has 2 heterocycles. The number of carbonyl (C=O) groups excluding carboxylic acids is 2. The van der Waals surface area contributed by atoms with Crippen molar-refractivity contribution in [3.63, 3.8) is 0 Å². The molecule has 1 N–H and O–H groups in total. The number of nitro groups is 1. The molecule has 0 unspecified atom stereocenters. The van der Waals surface area contributed by atoms with Gasteiger partial charge in [0, 0.05) is 24.5 Å². The Hall–Kier alpha value is -4.53. The predicted molar refractivity (Wildman–Crippen MR) is 116 cm³/mol. The summed E-state index contributed by atoms with van der Waals surface area (Å²) in [6.07, 6.45) is 3.16. The van der Waals surface area contributed by atoms with Gasteiger partial charge in [-0.2, -0.15) is 0 Å². The van der Waals surface area contributed by atoms with E-state index in [2.05, 4.69) is 10.3 Å². The maximum atomic E-state index is 13.3. The van der Waals surface area contributed by atoms with Crippen molar-refractivity contribution >= 4 is 28.8 Å². The zero-order valence-electron chi connectivity index (χ0n) is 17.0. The first kappa shape index (κ1) is 20.7. The lowest BCUT2D eigenvalue weighted by Gasteiger charge is -2.15. The number of pyridine rings is 1. The Morgan fingerprint density at radius 2 is 1.69 bits per heavy atom. The Morgan fingerprint density at radius 1 is 1.00 bits per heavy atom. The van der Waals surface area contributed by atoms with E-state index < -0.39 is 16.7 Å². The number of anilines is 1. The van der Waals surface area contributed by atoms with Crippen molar-refractivity contribution in [2.45, 2.75) is 6.54 Å². The van der Waals surface area contributed by atoms with Gasteiger partial charge >= 0.3 is 0 Å². The quantitative estimate of drug-likeness (QED) is 0.347. The van der Waals surface area contributed by atoms with Crippen molar-refractivity contribution in [2.24, 2.45) is 0 Å². The lowest BCUT2D eigenvalue weighted by atomic mass is 10.0. The molecule has 0 saturated carbocycles. The van der Waals surface area contributed by atoms with Crippen LogP contribution in [0.25, 0.3) is 5.57 Å². The molecule has 4 rings (SSSR count). The number of ether oxygens (including phenoxy) is 1. The maximum Gasteiger partial charge on any atom is 0.278 e. The van der Waals surface area contributed by atoms with E-state index in [1.807, 2.05) is 0 Å². The number of non-ortho nitro benzene ring substituents is 1. The van der Waals surface area contributed by atoms with Gasteiger partial charge in [0.25, 0.3) is 17.5 Å². The molecule has 0 aliphatic carbocycles. The molecular weight excluding hydrogens is 412 g/mol. The number of para-hydroxylation sites is 2. The van der Waals surface area contributed by atoms with Gasteiger partial charge in [0.05, 0.1) is 29.8 Å². The van der Waals surface area contributed by atoms with Crippen LogP contribution in [0.3, 0.4) is 0 Å².